The molecule has 0 saturated carbocycles. The summed E-state index contributed by atoms with van der Waals surface area (Å²) < 4.78 is 1.76. The fraction of sp³-hybridized carbons (Fsp3) is 0.412. The Kier molecular flexibility index (Phi) is 3.62. The molecular weight excluding hydrogens is 334 g/mol. The molecule has 8 heteroatoms. The summed E-state index contributed by atoms with van der Waals surface area (Å²) in [6, 6.07) is 3.90. The van der Waals surface area contributed by atoms with Gasteiger partial charge in [0.15, 0.2) is 10.9 Å². The third-order valence-electron chi connectivity index (χ3n) is 4.84. The second kappa shape index (κ2) is 6.11. The second-order valence-electron chi connectivity index (χ2n) is 6.38. The first kappa shape index (κ1) is 14.8. The maximum Gasteiger partial charge on any atom is 0.185 e. The van der Waals surface area contributed by atoms with Crippen LogP contribution in [0.4, 0.5) is 10.9 Å². The maximum absolute atomic E-state index is 4.85. The SMILES string of the molecule is c1cnn(-c2cc(N3CCN(c4nc5c(s4)CCC5)CC3)ncn2)c1. The fourth-order valence-corrected chi connectivity index (χ4v) is 4.68. The first-order valence-corrected chi connectivity index (χ1v) is 9.49. The van der Waals surface area contributed by atoms with Gasteiger partial charge in [0.1, 0.15) is 12.1 Å². The first-order chi connectivity index (χ1) is 12.4. The van der Waals surface area contributed by atoms with E-state index in [0.717, 1.165) is 44.2 Å². The normalized spacial score (nSPS) is 17.1. The Morgan fingerprint density at radius 1 is 0.960 bits per heavy atom. The van der Waals surface area contributed by atoms with Gasteiger partial charge in [0.05, 0.1) is 5.69 Å². The molecule has 4 heterocycles. The van der Waals surface area contributed by atoms with Crippen LogP contribution in [-0.4, -0.2) is 50.9 Å². The summed E-state index contributed by atoms with van der Waals surface area (Å²) >= 11 is 1.89. The zero-order chi connectivity index (χ0) is 16.6. The summed E-state index contributed by atoms with van der Waals surface area (Å²) in [6.45, 7) is 3.85. The molecule has 0 bridgehead atoms. The van der Waals surface area contributed by atoms with Crippen LogP contribution in [0.3, 0.4) is 0 Å². The zero-order valence-corrected chi connectivity index (χ0v) is 14.7. The van der Waals surface area contributed by atoms with Gasteiger partial charge in [0.2, 0.25) is 0 Å². The third kappa shape index (κ3) is 2.76. The van der Waals surface area contributed by atoms with E-state index < -0.39 is 0 Å². The van der Waals surface area contributed by atoms with E-state index in [-0.39, 0.29) is 0 Å². The lowest BCUT2D eigenvalue weighted by atomic mass is 10.3. The summed E-state index contributed by atoms with van der Waals surface area (Å²) in [6.07, 6.45) is 8.91. The van der Waals surface area contributed by atoms with E-state index in [1.807, 2.05) is 29.7 Å². The van der Waals surface area contributed by atoms with Gasteiger partial charge in [0.25, 0.3) is 0 Å². The molecule has 1 aliphatic heterocycles. The van der Waals surface area contributed by atoms with E-state index in [2.05, 4.69) is 24.9 Å². The molecule has 5 rings (SSSR count). The van der Waals surface area contributed by atoms with Crippen molar-refractivity contribution >= 4 is 22.3 Å². The van der Waals surface area contributed by atoms with E-state index in [1.165, 1.54) is 28.5 Å². The van der Waals surface area contributed by atoms with Crippen LogP contribution in [0.1, 0.15) is 17.0 Å². The van der Waals surface area contributed by atoms with Gasteiger partial charge in [-0.25, -0.2) is 19.6 Å². The van der Waals surface area contributed by atoms with Crippen molar-refractivity contribution < 1.29 is 0 Å². The highest BCUT2D eigenvalue weighted by molar-refractivity contribution is 7.15. The molecule has 2 aliphatic rings. The summed E-state index contributed by atoms with van der Waals surface area (Å²) in [5, 5.41) is 5.44. The van der Waals surface area contributed by atoms with Crippen molar-refractivity contribution in [3.8, 4) is 5.82 Å². The Morgan fingerprint density at radius 3 is 2.60 bits per heavy atom. The average molecular weight is 353 g/mol. The molecule has 3 aromatic rings. The van der Waals surface area contributed by atoms with Crippen LogP contribution < -0.4 is 9.80 Å². The van der Waals surface area contributed by atoms with Gasteiger partial charge in [-0.2, -0.15) is 5.10 Å². The molecule has 128 valence electrons. The van der Waals surface area contributed by atoms with Crippen LogP contribution in [0.25, 0.3) is 5.82 Å². The monoisotopic (exact) mass is 353 g/mol. The molecule has 0 amide bonds. The molecule has 3 aromatic heterocycles. The minimum absolute atomic E-state index is 0.800. The van der Waals surface area contributed by atoms with E-state index in [0.29, 0.717) is 0 Å². The number of fused-ring (bicyclic) bond motifs is 1. The summed E-state index contributed by atoms with van der Waals surface area (Å²) in [7, 11) is 0. The van der Waals surface area contributed by atoms with Gasteiger partial charge in [-0.15, -0.1) is 11.3 Å². The summed E-state index contributed by atoms with van der Waals surface area (Å²) in [4.78, 5) is 19.8. The molecule has 0 N–H and O–H groups in total. The molecule has 1 saturated heterocycles. The van der Waals surface area contributed by atoms with Gasteiger partial charge >= 0.3 is 0 Å². The number of piperazine rings is 1. The van der Waals surface area contributed by atoms with Crippen LogP contribution in [0.2, 0.25) is 0 Å². The maximum atomic E-state index is 4.85. The van der Waals surface area contributed by atoms with E-state index >= 15 is 0 Å². The predicted molar refractivity (Wildman–Crippen MR) is 97.7 cm³/mol. The number of anilines is 2. The number of rotatable bonds is 3. The molecule has 0 spiro atoms. The molecule has 25 heavy (non-hydrogen) atoms. The molecule has 0 radical (unpaired) electrons. The number of nitrogens with zero attached hydrogens (tertiary/aromatic N) is 7. The van der Waals surface area contributed by atoms with Crippen molar-refractivity contribution in [1.82, 2.24) is 24.7 Å². The lowest BCUT2D eigenvalue weighted by Crippen LogP contribution is -2.46. The minimum Gasteiger partial charge on any atom is -0.353 e. The number of thiazole rings is 1. The number of aryl methyl sites for hydroxylation is 2. The quantitative estimate of drug-likeness (QED) is 0.717. The highest BCUT2D eigenvalue weighted by atomic mass is 32.1. The first-order valence-electron chi connectivity index (χ1n) is 8.67. The zero-order valence-electron chi connectivity index (χ0n) is 13.9. The number of hydrogen-bond donors (Lipinski definition) is 0. The van der Waals surface area contributed by atoms with Crippen LogP contribution in [0.15, 0.2) is 30.9 Å². The summed E-state index contributed by atoms with van der Waals surface area (Å²) in [5.41, 5.74) is 1.34. The van der Waals surface area contributed by atoms with Crippen molar-refractivity contribution in [3.63, 3.8) is 0 Å². The van der Waals surface area contributed by atoms with E-state index in [9.17, 15) is 0 Å². The van der Waals surface area contributed by atoms with Crippen molar-refractivity contribution in [1.29, 1.82) is 0 Å². The van der Waals surface area contributed by atoms with Crippen molar-refractivity contribution in [3.05, 3.63) is 41.4 Å². The minimum atomic E-state index is 0.800. The highest BCUT2D eigenvalue weighted by Gasteiger charge is 2.24. The predicted octanol–water partition coefficient (Wildman–Crippen LogP) is 1.93. The molecule has 0 atom stereocenters. The topological polar surface area (TPSA) is 63.0 Å². The van der Waals surface area contributed by atoms with Gasteiger partial charge < -0.3 is 9.80 Å². The van der Waals surface area contributed by atoms with Crippen LogP contribution in [0.5, 0.6) is 0 Å². The Morgan fingerprint density at radius 2 is 1.80 bits per heavy atom. The fourth-order valence-electron chi connectivity index (χ4n) is 3.48. The van der Waals surface area contributed by atoms with Gasteiger partial charge in [-0.3, -0.25) is 0 Å². The van der Waals surface area contributed by atoms with Crippen LogP contribution in [-0.2, 0) is 12.8 Å². The smallest absolute Gasteiger partial charge is 0.185 e. The van der Waals surface area contributed by atoms with E-state index in [4.69, 9.17) is 4.98 Å². The third-order valence-corrected chi connectivity index (χ3v) is 6.05. The molecule has 7 nitrogen and oxygen atoms in total. The highest BCUT2D eigenvalue weighted by Crippen LogP contribution is 2.33. The number of aromatic nitrogens is 5. The number of hydrogen-bond acceptors (Lipinski definition) is 7. The molecular formula is C17H19N7S. The second-order valence-corrected chi connectivity index (χ2v) is 7.44. The standard InChI is InChI=1S/C17H19N7S/c1-3-13-14(4-1)25-17(21-13)23-9-7-22(8-10-23)15-11-16(19-12-18-15)24-6-2-5-20-24/h2,5-6,11-12H,1,3-4,7-10H2. The molecule has 1 aliphatic carbocycles. The molecule has 1 fully saturated rings. The van der Waals surface area contributed by atoms with E-state index in [1.54, 1.807) is 17.2 Å². The Balaban J connectivity index is 1.29. The lowest BCUT2D eigenvalue weighted by molar-refractivity contribution is 0.643. The Hall–Kier alpha value is -2.48. The van der Waals surface area contributed by atoms with Gasteiger partial charge in [-0.1, -0.05) is 0 Å². The van der Waals surface area contributed by atoms with Crippen LogP contribution in [0, 0.1) is 0 Å². The largest absolute Gasteiger partial charge is 0.353 e. The Labute approximate surface area is 150 Å². The van der Waals surface area contributed by atoms with Crippen molar-refractivity contribution in [2.45, 2.75) is 19.3 Å². The van der Waals surface area contributed by atoms with Gasteiger partial charge in [0, 0.05) is 49.5 Å². The average Bonchev–Trinajstić information content (AvgIpc) is 3.39. The lowest BCUT2D eigenvalue weighted by Gasteiger charge is -2.35. The van der Waals surface area contributed by atoms with Gasteiger partial charge in [-0.05, 0) is 25.3 Å². The molecule has 0 aromatic carbocycles. The summed E-state index contributed by atoms with van der Waals surface area (Å²) in [5.74, 6) is 1.76. The Bertz CT molecular complexity index is 844. The van der Waals surface area contributed by atoms with Crippen LogP contribution >= 0.6 is 11.3 Å². The van der Waals surface area contributed by atoms with Crippen molar-refractivity contribution in [2.75, 3.05) is 36.0 Å². The molecule has 0 unspecified atom stereocenters. The van der Waals surface area contributed by atoms with Crippen molar-refractivity contribution in [2.24, 2.45) is 0 Å².